The number of rotatable bonds is 6. The molecule has 0 amide bonds. The van der Waals surface area contributed by atoms with E-state index in [-0.39, 0.29) is 5.54 Å². The normalized spacial score (nSPS) is 26.2. The molecule has 1 aliphatic carbocycles. The molecular formula is C16H30N4. The third kappa shape index (κ3) is 4.18. The average Bonchev–Trinajstić information content (AvgIpc) is 3.22. The van der Waals surface area contributed by atoms with E-state index >= 15 is 0 Å². The Labute approximate surface area is 124 Å². The fourth-order valence-electron chi connectivity index (χ4n) is 3.31. The van der Waals surface area contributed by atoms with Crippen LogP contribution in [0.4, 0.5) is 0 Å². The number of hydrogen-bond acceptors (Lipinski definition) is 4. The first-order valence-electron chi connectivity index (χ1n) is 8.03. The van der Waals surface area contributed by atoms with Gasteiger partial charge in [-0.1, -0.05) is 0 Å². The number of nitriles is 1. The topological polar surface area (TPSA) is 42.3 Å². The van der Waals surface area contributed by atoms with E-state index in [9.17, 15) is 5.26 Å². The molecule has 1 N–H and O–H groups in total. The molecule has 1 saturated heterocycles. The maximum atomic E-state index is 9.50. The molecule has 0 radical (unpaired) electrons. The summed E-state index contributed by atoms with van der Waals surface area (Å²) in [6.45, 7) is 6.71. The molecule has 2 rings (SSSR count). The van der Waals surface area contributed by atoms with E-state index in [0.29, 0.717) is 18.1 Å². The third-order valence-electron chi connectivity index (χ3n) is 5.01. The lowest BCUT2D eigenvalue weighted by Gasteiger charge is -2.40. The molecule has 2 fully saturated rings. The summed E-state index contributed by atoms with van der Waals surface area (Å²) in [5.74, 6) is 0. The van der Waals surface area contributed by atoms with Crippen LogP contribution in [0.1, 0.15) is 46.0 Å². The van der Waals surface area contributed by atoms with Gasteiger partial charge < -0.3 is 9.80 Å². The monoisotopic (exact) mass is 278 g/mol. The molecule has 0 spiro atoms. The van der Waals surface area contributed by atoms with E-state index in [1.54, 1.807) is 0 Å². The van der Waals surface area contributed by atoms with Crippen LogP contribution in [0.25, 0.3) is 0 Å². The highest BCUT2D eigenvalue weighted by molar-refractivity contribution is 5.08. The predicted molar refractivity (Wildman–Crippen MR) is 82.5 cm³/mol. The van der Waals surface area contributed by atoms with Gasteiger partial charge in [0.15, 0.2) is 0 Å². The molecule has 1 aliphatic heterocycles. The molecule has 114 valence electrons. The van der Waals surface area contributed by atoms with Gasteiger partial charge >= 0.3 is 0 Å². The largest absolute Gasteiger partial charge is 0.306 e. The molecule has 0 aromatic heterocycles. The van der Waals surface area contributed by atoms with Crippen molar-refractivity contribution in [3.63, 3.8) is 0 Å². The van der Waals surface area contributed by atoms with Crippen LogP contribution in [0, 0.1) is 11.3 Å². The van der Waals surface area contributed by atoms with Gasteiger partial charge in [-0.05, 0) is 73.1 Å². The fourth-order valence-corrected chi connectivity index (χ4v) is 3.31. The lowest BCUT2D eigenvalue weighted by molar-refractivity contribution is 0.100. The molecule has 0 bridgehead atoms. The van der Waals surface area contributed by atoms with Gasteiger partial charge in [0.1, 0.15) is 5.54 Å². The van der Waals surface area contributed by atoms with Gasteiger partial charge in [-0.15, -0.1) is 0 Å². The van der Waals surface area contributed by atoms with Gasteiger partial charge in [0, 0.05) is 18.1 Å². The van der Waals surface area contributed by atoms with Gasteiger partial charge in [0.2, 0.25) is 0 Å². The zero-order chi connectivity index (χ0) is 14.8. The molecule has 4 nitrogen and oxygen atoms in total. The first-order chi connectivity index (χ1) is 9.43. The summed E-state index contributed by atoms with van der Waals surface area (Å²) in [5, 5.41) is 13.0. The van der Waals surface area contributed by atoms with Crippen LogP contribution < -0.4 is 5.32 Å². The van der Waals surface area contributed by atoms with Crippen molar-refractivity contribution in [2.75, 3.05) is 27.2 Å². The Balaban J connectivity index is 1.85. The van der Waals surface area contributed by atoms with Crippen LogP contribution >= 0.6 is 0 Å². The van der Waals surface area contributed by atoms with E-state index in [1.165, 1.54) is 38.8 Å². The second kappa shape index (κ2) is 6.43. The highest BCUT2D eigenvalue weighted by Gasteiger charge is 2.35. The standard InChI is InChI=1S/C16H30N4/c1-13(11-16(2,12-17)18-14-5-6-14)20(4)15-7-9-19(3)10-8-15/h13-15,18H,5-11H2,1-4H3. The lowest BCUT2D eigenvalue weighted by Crippen LogP contribution is -2.51. The number of piperidine rings is 1. The minimum Gasteiger partial charge on any atom is -0.306 e. The zero-order valence-corrected chi connectivity index (χ0v) is 13.5. The molecule has 20 heavy (non-hydrogen) atoms. The molecular weight excluding hydrogens is 248 g/mol. The minimum atomic E-state index is -0.375. The Morgan fingerprint density at radius 1 is 1.35 bits per heavy atom. The maximum Gasteiger partial charge on any atom is 0.105 e. The summed E-state index contributed by atoms with van der Waals surface area (Å²) in [6, 6.07) is 4.20. The Hall–Kier alpha value is -0.630. The van der Waals surface area contributed by atoms with E-state index in [1.807, 2.05) is 0 Å². The molecule has 0 aromatic carbocycles. The van der Waals surface area contributed by atoms with E-state index in [2.05, 4.69) is 49.1 Å². The van der Waals surface area contributed by atoms with Crippen molar-refractivity contribution in [1.29, 1.82) is 5.26 Å². The number of hydrogen-bond donors (Lipinski definition) is 1. The number of likely N-dealkylation sites (tertiary alicyclic amines) is 1. The van der Waals surface area contributed by atoms with Gasteiger partial charge in [0.05, 0.1) is 6.07 Å². The third-order valence-corrected chi connectivity index (χ3v) is 5.01. The van der Waals surface area contributed by atoms with Crippen molar-refractivity contribution in [2.24, 2.45) is 0 Å². The molecule has 2 aliphatic rings. The molecule has 1 heterocycles. The predicted octanol–water partition coefficient (Wildman–Crippen LogP) is 1.83. The van der Waals surface area contributed by atoms with Crippen LogP contribution in [0.15, 0.2) is 0 Å². The smallest absolute Gasteiger partial charge is 0.105 e. The van der Waals surface area contributed by atoms with E-state index < -0.39 is 0 Å². The zero-order valence-electron chi connectivity index (χ0n) is 13.5. The SMILES string of the molecule is CC(CC(C)(C#N)NC1CC1)N(C)C1CCN(C)CC1. The Bertz CT molecular complexity index is 352. The van der Waals surface area contributed by atoms with Crippen molar-refractivity contribution in [3.05, 3.63) is 0 Å². The molecule has 4 heteroatoms. The van der Waals surface area contributed by atoms with E-state index in [0.717, 1.165) is 6.42 Å². The van der Waals surface area contributed by atoms with Gasteiger partial charge in [-0.2, -0.15) is 5.26 Å². The summed E-state index contributed by atoms with van der Waals surface area (Å²) < 4.78 is 0. The molecule has 1 saturated carbocycles. The van der Waals surface area contributed by atoms with E-state index in [4.69, 9.17) is 0 Å². The molecule has 0 aromatic rings. The maximum absolute atomic E-state index is 9.50. The van der Waals surface area contributed by atoms with Crippen LogP contribution in [0.2, 0.25) is 0 Å². The Morgan fingerprint density at radius 3 is 2.45 bits per heavy atom. The summed E-state index contributed by atoms with van der Waals surface area (Å²) in [4.78, 5) is 4.90. The van der Waals surface area contributed by atoms with Crippen molar-refractivity contribution in [3.8, 4) is 6.07 Å². The van der Waals surface area contributed by atoms with Gasteiger partial charge in [-0.3, -0.25) is 5.32 Å². The number of nitrogens with zero attached hydrogens (tertiary/aromatic N) is 3. The summed E-state index contributed by atoms with van der Waals surface area (Å²) in [5.41, 5.74) is -0.375. The summed E-state index contributed by atoms with van der Waals surface area (Å²) in [6.07, 6.45) is 5.86. The molecule has 2 unspecified atom stereocenters. The van der Waals surface area contributed by atoms with Crippen molar-refractivity contribution >= 4 is 0 Å². The van der Waals surface area contributed by atoms with Crippen molar-refractivity contribution in [1.82, 2.24) is 15.1 Å². The van der Waals surface area contributed by atoms with Crippen molar-refractivity contribution < 1.29 is 0 Å². The second-order valence-electron chi connectivity index (χ2n) is 7.12. The summed E-state index contributed by atoms with van der Waals surface area (Å²) in [7, 11) is 4.43. The number of nitrogens with one attached hydrogen (secondary N) is 1. The average molecular weight is 278 g/mol. The van der Waals surface area contributed by atoms with Crippen LogP contribution in [0.3, 0.4) is 0 Å². The molecule has 2 atom stereocenters. The Morgan fingerprint density at radius 2 is 1.95 bits per heavy atom. The quantitative estimate of drug-likeness (QED) is 0.805. The highest BCUT2D eigenvalue weighted by atomic mass is 15.2. The van der Waals surface area contributed by atoms with Crippen LogP contribution in [-0.4, -0.2) is 60.6 Å². The first-order valence-corrected chi connectivity index (χ1v) is 8.03. The van der Waals surface area contributed by atoms with Crippen LogP contribution in [0.5, 0.6) is 0 Å². The fraction of sp³-hybridized carbons (Fsp3) is 0.938. The summed E-state index contributed by atoms with van der Waals surface area (Å²) >= 11 is 0. The van der Waals surface area contributed by atoms with Crippen LogP contribution in [-0.2, 0) is 0 Å². The van der Waals surface area contributed by atoms with Crippen molar-refractivity contribution in [2.45, 2.75) is 69.6 Å². The highest BCUT2D eigenvalue weighted by Crippen LogP contribution is 2.26. The Kier molecular flexibility index (Phi) is 5.06. The lowest BCUT2D eigenvalue weighted by atomic mass is 9.92. The first kappa shape index (κ1) is 15.8. The van der Waals surface area contributed by atoms with Gasteiger partial charge in [-0.25, -0.2) is 0 Å². The second-order valence-corrected chi connectivity index (χ2v) is 7.12. The van der Waals surface area contributed by atoms with Gasteiger partial charge in [0.25, 0.3) is 0 Å². The minimum absolute atomic E-state index is 0.375.